The lowest BCUT2D eigenvalue weighted by Gasteiger charge is -2.28. The summed E-state index contributed by atoms with van der Waals surface area (Å²) in [5.74, 6) is 0.238. The molecule has 0 atom stereocenters. The fourth-order valence-corrected chi connectivity index (χ4v) is 2.39. The van der Waals surface area contributed by atoms with Crippen molar-refractivity contribution in [1.29, 1.82) is 0 Å². The first-order chi connectivity index (χ1) is 9.18. The highest BCUT2D eigenvalue weighted by Gasteiger charge is 2.26. The molecule has 0 aromatic carbocycles. The molecule has 0 spiro atoms. The van der Waals surface area contributed by atoms with Gasteiger partial charge in [-0.2, -0.15) is 0 Å². The van der Waals surface area contributed by atoms with Crippen molar-refractivity contribution in [2.75, 3.05) is 17.5 Å². The van der Waals surface area contributed by atoms with E-state index in [2.05, 4.69) is 55.5 Å². The molecule has 2 nitrogen and oxygen atoms in total. The van der Waals surface area contributed by atoms with E-state index < -0.39 is 0 Å². The van der Waals surface area contributed by atoms with Gasteiger partial charge in [-0.3, -0.25) is 4.79 Å². The standard InChI is InChI=1S/C17H30INO/c1-14(2)8-7-9-15(3)10-12-19(13-11-18)16(20)17(4,5)6/h8,10H,7,9,11-13H2,1-6H3/b15-10+. The monoisotopic (exact) mass is 391 g/mol. The molecule has 0 aliphatic heterocycles. The van der Waals surface area contributed by atoms with Crippen molar-refractivity contribution in [2.24, 2.45) is 5.41 Å². The Kier molecular flexibility index (Phi) is 9.43. The van der Waals surface area contributed by atoms with E-state index in [9.17, 15) is 4.79 Å². The number of rotatable bonds is 7. The Labute approximate surface area is 138 Å². The van der Waals surface area contributed by atoms with Crippen molar-refractivity contribution in [3.05, 3.63) is 23.3 Å². The molecule has 20 heavy (non-hydrogen) atoms. The van der Waals surface area contributed by atoms with Crippen molar-refractivity contribution >= 4 is 28.5 Å². The van der Waals surface area contributed by atoms with Gasteiger partial charge in [-0.05, 0) is 33.6 Å². The summed E-state index contributed by atoms with van der Waals surface area (Å²) in [5, 5.41) is 0. The first-order valence-electron chi connectivity index (χ1n) is 7.32. The van der Waals surface area contributed by atoms with Crippen molar-refractivity contribution in [3.63, 3.8) is 0 Å². The number of halogens is 1. The van der Waals surface area contributed by atoms with E-state index in [0.29, 0.717) is 0 Å². The number of nitrogens with zero attached hydrogens (tertiary/aromatic N) is 1. The first-order valence-corrected chi connectivity index (χ1v) is 8.85. The molecule has 0 rings (SSSR count). The van der Waals surface area contributed by atoms with Crippen molar-refractivity contribution < 1.29 is 4.79 Å². The summed E-state index contributed by atoms with van der Waals surface area (Å²) in [5.41, 5.74) is 2.44. The van der Waals surface area contributed by atoms with Gasteiger partial charge in [0.15, 0.2) is 0 Å². The lowest BCUT2D eigenvalue weighted by Crippen LogP contribution is -2.40. The highest BCUT2D eigenvalue weighted by molar-refractivity contribution is 14.1. The summed E-state index contributed by atoms with van der Waals surface area (Å²) in [6.07, 6.45) is 6.63. The summed E-state index contributed by atoms with van der Waals surface area (Å²) in [7, 11) is 0. The van der Waals surface area contributed by atoms with Gasteiger partial charge in [0.25, 0.3) is 0 Å². The smallest absolute Gasteiger partial charge is 0.228 e. The normalized spacial score (nSPS) is 12.2. The van der Waals surface area contributed by atoms with Gasteiger partial charge in [-0.1, -0.05) is 66.7 Å². The largest absolute Gasteiger partial charge is 0.338 e. The quantitative estimate of drug-likeness (QED) is 0.340. The summed E-state index contributed by atoms with van der Waals surface area (Å²) < 4.78 is 0.976. The number of carbonyl (C=O) groups excluding carboxylic acids is 1. The van der Waals surface area contributed by atoms with Crippen LogP contribution < -0.4 is 0 Å². The summed E-state index contributed by atoms with van der Waals surface area (Å²) >= 11 is 2.33. The van der Waals surface area contributed by atoms with Crippen LogP contribution in [0.2, 0.25) is 0 Å². The fourth-order valence-electron chi connectivity index (χ4n) is 1.81. The van der Waals surface area contributed by atoms with Gasteiger partial charge in [0.05, 0.1) is 0 Å². The molecule has 0 radical (unpaired) electrons. The molecule has 0 saturated carbocycles. The van der Waals surface area contributed by atoms with Gasteiger partial charge in [0, 0.05) is 22.9 Å². The summed E-state index contributed by atoms with van der Waals surface area (Å²) in [4.78, 5) is 14.3. The number of carbonyl (C=O) groups is 1. The van der Waals surface area contributed by atoms with E-state index in [0.717, 1.165) is 30.4 Å². The van der Waals surface area contributed by atoms with E-state index in [1.807, 2.05) is 25.7 Å². The van der Waals surface area contributed by atoms with E-state index in [1.165, 1.54) is 11.1 Å². The van der Waals surface area contributed by atoms with Crippen LogP contribution in [0.3, 0.4) is 0 Å². The minimum atomic E-state index is -0.296. The average Bonchev–Trinajstić information content (AvgIpc) is 2.32. The maximum Gasteiger partial charge on any atom is 0.228 e. The van der Waals surface area contributed by atoms with Crippen molar-refractivity contribution in [1.82, 2.24) is 4.90 Å². The van der Waals surface area contributed by atoms with E-state index >= 15 is 0 Å². The van der Waals surface area contributed by atoms with E-state index in [-0.39, 0.29) is 11.3 Å². The van der Waals surface area contributed by atoms with Gasteiger partial charge in [0.2, 0.25) is 5.91 Å². The minimum Gasteiger partial charge on any atom is -0.338 e. The van der Waals surface area contributed by atoms with Crippen LogP contribution in [0.5, 0.6) is 0 Å². The number of alkyl halides is 1. The SMILES string of the molecule is CC(C)=CCC/C(C)=C/CN(CCI)C(=O)C(C)(C)C. The van der Waals surface area contributed by atoms with Crippen LogP contribution in [0.1, 0.15) is 54.4 Å². The van der Waals surface area contributed by atoms with Crippen LogP contribution >= 0.6 is 22.6 Å². The molecular weight excluding hydrogens is 361 g/mol. The van der Waals surface area contributed by atoms with Crippen LogP contribution in [-0.2, 0) is 4.79 Å². The number of allylic oxidation sites excluding steroid dienone is 3. The van der Waals surface area contributed by atoms with E-state index in [1.54, 1.807) is 0 Å². The Hall–Kier alpha value is -0.320. The third-order valence-corrected chi connectivity index (χ3v) is 3.52. The first kappa shape index (κ1) is 19.7. The maximum atomic E-state index is 12.4. The Morgan fingerprint density at radius 1 is 1.15 bits per heavy atom. The second-order valence-electron chi connectivity index (χ2n) is 6.56. The Balaban J connectivity index is 4.53. The molecule has 0 aliphatic carbocycles. The molecule has 0 aliphatic rings. The molecule has 116 valence electrons. The van der Waals surface area contributed by atoms with E-state index in [4.69, 9.17) is 0 Å². The molecule has 0 aromatic heterocycles. The maximum absolute atomic E-state index is 12.4. The highest BCUT2D eigenvalue weighted by atomic mass is 127. The fraction of sp³-hybridized carbons (Fsp3) is 0.706. The number of amides is 1. The predicted molar refractivity (Wildman–Crippen MR) is 97.3 cm³/mol. The van der Waals surface area contributed by atoms with Crippen LogP contribution in [0.25, 0.3) is 0 Å². The molecule has 0 heterocycles. The lowest BCUT2D eigenvalue weighted by atomic mass is 9.94. The minimum absolute atomic E-state index is 0.238. The Bertz CT molecular complexity index is 360. The molecule has 0 N–H and O–H groups in total. The van der Waals surface area contributed by atoms with Gasteiger partial charge in [0.1, 0.15) is 0 Å². The van der Waals surface area contributed by atoms with Crippen LogP contribution in [0.15, 0.2) is 23.3 Å². The van der Waals surface area contributed by atoms with Crippen LogP contribution in [0.4, 0.5) is 0 Å². The third kappa shape index (κ3) is 8.77. The second kappa shape index (κ2) is 9.59. The van der Waals surface area contributed by atoms with Crippen molar-refractivity contribution in [2.45, 2.75) is 54.4 Å². The summed E-state index contributed by atoms with van der Waals surface area (Å²) in [6.45, 7) is 13.9. The van der Waals surface area contributed by atoms with Crippen molar-refractivity contribution in [3.8, 4) is 0 Å². The molecule has 0 unspecified atom stereocenters. The topological polar surface area (TPSA) is 20.3 Å². The van der Waals surface area contributed by atoms with Gasteiger partial charge < -0.3 is 4.90 Å². The molecule has 0 aromatic rings. The molecule has 3 heteroatoms. The highest BCUT2D eigenvalue weighted by Crippen LogP contribution is 2.18. The molecular formula is C17H30INO. The summed E-state index contributed by atoms with van der Waals surface area (Å²) in [6, 6.07) is 0. The molecule has 1 amide bonds. The molecule has 0 fully saturated rings. The molecule has 0 saturated heterocycles. The van der Waals surface area contributed by atoms with Crippen LogP contribution in [-0.4, -0.2) is 28.3 Å². The predicted octanol–water partition coefficient (Wildman–Crippen LogP) is 4.99. The second-order valence-corrected chi connectivity index (χ2v) is 7.64. The van der Waals surface area contributed by atoms with Crippen LogP contribution in [0, 0.1) is 5.41 Å². The Morgan fingerprint density at radius 2 is 1.75 bits per heavy atom. The van der Waals surface area contributed by atoms with Gasteiger partial charge >= 0.3 is 0 Å². The number of hydrogen-bond donors (Lipinski definition) is 0. The zero-order chi connectivity index (χ0) is 15.8. The number of hydrogen-bond acceptors (Lipinski definition) is 1. The third-order valence-electron chi connectivity index (χ3n) is 3.03. The lowest BCUT2D eigenvalue weighted by molar-refractivity contribution is -0.138. The molecule has 0 bridgehead atoms. The Morgan fingerprint density at radius 3 is 2.20 bits per heavy atom. The zero-order valence-corrected chi connectivity index (χ0v) is 16.1. The average molecular weight is 391 g/mol. The van der Waals surface area contributed by atoms with Gasteiger partial charge in [-0.25, -0.2) is 0 Å². The van der Waals surface area contributed by atoms with Gasteiger partial charge in [-0.15, -0.1) is 0 Å². The zero-order valence-electron chi connectivity index (χ0n) is 13.9.